The molecular weight excluding hydrogens is 249 g/mol. The molecule has 2 rings (SSSR count). The maximum absolute atomic E-state index is 13.5. The van der Waals surface area contributed by atoms with Gasteiger partial charge < -0.3 is 5.73 Å². The number of halogens is 1. The fraction of sp³-hybridized carbons (Fsp3) is 0.231. The van der Waals surface area contributed by atoms with Crippen molar-refractivity contribution in [3.8, 4) is 0 Å². The molecule has 0 fully saturated rings. The molecule has 0 bridgehead atoms. The summed E-state index contributed by atoms with van der Waals surface area (Å²) in [4.78, 5) is 0.198. The third-order valence-electron chi connectivity index (χ3n) is 2.68. The number of thiocarbonyl (C=S) groups is 1. The van der Waals surface area contributed by atoms with Crippen molar-refractivity contribution in [2.45, 2.75) is 20.4 Å². The van der Waals surface area contributed by atoms with Gasteiger partial charge in [-0.3, -0.25) is 4.68 Å². The molecule has 1 aromatic heterocycles. The zero-order chi connectivity index (χ0) is 13.3. The van der Waals surface area contributed by atoms with E-state index in [4.69, 9.17) is 18.0 Å². The second-order valence-electron chi connectivity index (χ2n) is 4.30. The third kappa shape index (κ3) is 2.73. The van der Waals surface area contributed by atoms with E-state index in [1.165, 1.54) is 12.1 Å². The van der Waals surface area contributed by atoms with Gasteiger partial charge in [0.25, 0.3) is 0 Å². The molecule has 2 aromatic rings. The van der Waals surface area contributed by atoms with E-state index in [9.17, 15) is 4.39 Å². The highest BCUT2D eigenvalue weighted by Gasteiger charge is 2.06. The molecule has 0 unspecified atom stereocenters. The number of aryl methyl sites for hydroxylation is 2. The van der Waals surface area contributed by atoms with Gasteiger partial charge in [0.05, 0.1) is 12.2 Å². The van der Waals surface area contributed by atoms with Gasteiger partial charge in [0.1, 0.15) is 10.8 Å². The monoisotopic (exact) mass is 263 g/mol. The SMILES string of the molecule is Cc1cc(C)n(Cc2cc(F)cc(C(N)=S)c2)n1. The first-order valence-corrected chi connectivity index (χ1v) is 5.97. The Balaban J connectivity index is 2.34. The molecule has 0 saturated heterocycles. The average molecular weight is 263 g/mol. The first-order chi connectivity index (χ1) is 8.45. The Bertz CT molecular complexity index is 604. The van der Waals surface area contributed by atoms with Gasteiger partial charge in [0.15, 0.2) is 0 Å². The van der Waals surface area contributed by atoms with Gasteiger partial charge in [-0.2, -0.15) is 5.10 Å². The van der Waals surface area contributed by atoms with E-state index < -0.39 is 0 Å². The van der Waals surface area contributed by atoms with Crippen molar-refractivity contribution in [1.29, 1.82) is 0 Å². The summed E-state index contributed by atoms with van der Waals surface area (Å²) in [7, 11) is 0. The van der Waals surface area contributed by atoms with Crippen molar-refractivity contribution in [3.63, 3.8) is 0 Å². The van der Waals surface area contributed by atoms with Crippen molar-refractivity contribution in [2.24, 2.45) is 5.73 Å². The van der Waals surface area contributed by atoms with Crippen LogP contribution >= 0.6 is 12.2 Å². The standard InChI is InChI=1S/C13H14FN3S/c1-8-3-9(2)17(16-8)7-10-4-11(13(15)18)6-12(14)5-10/h3-6H,7H2,1-2H3,(H2,15,18). The van der Waals surface area contributed by atoms with Crippen LogP contribution in [0.25, 0.3) is 0 Å². The Hall–Kier alpha value is -1.75. The molecule has 0 radical (unpaired) electrons. The molecule has 5 heteroatoms. The first kappa shape index (κ1) is 12.7. The Morgan fingerprint density at radius 3 is 2.61 bits per heavy atom. The molecule has 0 saturated carbocycles. The highest BCUT2D eigenvalue weighted by atomic mass is 32.1. The molecule has 2 N–H and O–H groups in total. The lowest BCUT2D eigenvalue weighted by atomic mass is 10.1. The van der Waals surface area contributed by atoms with Gasteiger partial charge in [-0.05, 0) is 43.7 Å². The van der Waals surface area contributed by atoms with Crippen LogP contribution < -0.4 is 5.73 Å². The Morgan fingerprint density at radius 2 is 2.06 bits per heavy atom. The van der Waals surface area contributed by atoms with E-state index in [2.05, 4.69) is 5.10 Å². The van der Waals surface area contributed by atoms with Crippen LogP contribution in [0.15, 0.2) is 24.3 Å². The van der Waals surface area contributed by atoms with E-state index in [0.29, 0.717) is 12.1 Å². The van der Waals surface area contributed by atoms with Crippen molar-refractivity contribution < 1.29 is 4.39 Å². The van der Waals surface area contributed by atoms with Gasteiger partial charge in [-0.1, -0.05) is 12.2 Å². The van der Waals surface area contributed by atoms with E-state index in [0.717, 1.165) is 17.0 Å². The lowest BCUT2D eigenvalue weighted by molar-refractivity contribution is 0.615. The molecule has 18 heavy (non-hydrogen) atoms. The number of rotatable bonds is 3. The van der Waals surface area contributed by atoms with Crippen LogP contribution in [0.3, 0.4) is 0 Å². The quantitative estimate of drug-likeness (QED) is 0.864. The first-order valence-electron chi connectivity index (χ1n) is 5.56. The predicted molar refractivity (Wildman–Crippen MR) is 73.1 cm³/mol. The number of nitrogens with zero attached hydrogens (tertiary/aromatic N) is 2. The lowest BCUT2D eigenvalue weighted by Gasteiger charge is -2.07. The smallest absolute Gasteiger partial charge is 0.124 e. The minimum absolute atomic E-state index is 0.198. The van der Waals surface area contributed by atoms with Crippen LogP contribution in [0.4, 0.5) is 4.39 Å². The number of hydrogen-bond donors (Lipinski definition) is 1. The summed E-state index contributed by atoms with van der Waals surface area (Å²) >= 11 is 4.86. The highest BCUT2D eigenvalue weighted by Crippen LogP contribution is 2.12. The number of aromatic nitrogens is 2. The maximum Gasteiger partial charge on any atom is 0.124 e. The van der Waals surface area contributed by atoms with Crippen LogP contribution in [0, 0.1) is 19.7 Å². The predicted octanol–water partition coefficient (Wildman–Crippen LogP) is 2.32. The second kappa shape index (κ2) is 4.86. The summed E-state index contributed by atoms with van der Waals surface area (Å²) in [6, 6.07) is 6.58. The summed E-state index contributed by atoms with van der Waals surface area (Å²) < 4.78 is 15.3. The molecule has 0 spiro atoms. The maximum atomic E-state index is 13.5. The molecule has 1 aromatic carbocycles. The summed E-state index contributed by atoms with van der Waals surface area (Å²) in [6.07, 6.45) is 0. The second-order valence-corrected chi connectivity index (χ2v) is 4.74. The van der Waals surface area contributed by atoms with Gasteiger partial charge in [-0.25, -0.2) is 4.39 Å². The Morgan fingerprint density at radius 1 is 1.33 bits per heavy atom. The largest absolute Gasteiger partial charge is 0.389 e. The van der Waals surface area contributed by atoms with E-state index in [1.54, 1.807) is 6.07 Å². The minimum Gasteiger partial charge on any atom is -0.389 e. The van der Waals surface area contributed by atoms with E-state index in [-0.39, 0.29) is 10.8 Å². The molecule has 94 valence electrons. The van der Waals surface area contributed by atoms with Gasteiger partial charge in [-0.15, -0.1) is 0 Å². The van der Waals surface area contributed by atoms with Crippen molar-refractivity contribution in [3.05, 3.63) is 52.6 Å². The van der Waals surface area contributed by atoms with E-state index in [1.807, 2.05) is 24.6 Å². The normalized spacial score (nSPS) is 10.6. The summed E-state index contributed by atoms with van der Waals surface area (Å²) in [5.74, 6) is -0.336. The summed E-state index contributed by atoms with van der Waals surface area (Å²) in [5.41, 5.74) is 8.84. The molecule has 0 amide bonds. The van der Waals surface area contributed by atoms with Crippen LogP contribution in [-0.2, 0) is 6.54 Å². The van der Waals surface area contributed by atoms with Crippen LogP contribution in [0.1, 0.15) is 22.5 Å². The zero-order valence-corrected chi connectivity index (χ0v) is 11.1. The number of nitrogens with two attached hydrogens (primary N) is 1. The number of hydrogen-bond acceptors (Lipinski definition) is 2. The average Bonchev–Trinajstić information content (AvgIpc) is 2.56. The Kier molecular flexibility index (Phi) is 3.43. The fourth-order valence-corrected chi connectivity index (χ4v) is 2.01. The molecule has 1 heterocycles. The summed E-state index contributed by atoms with van der Waals surface area (Å²) in [5, 5.41) is 4.34. The fourth-order valence-electron chi connectivity index (χ4n) is 1.89. The van der Waals surface area contributed by atoms with Gasteiger partial charge in [0, 0.05) is 11.3 Å². The Labute approximate surface area is 110 Å². The molecule has 3 nitrogen and oxygen atoms in total. The third-order valence-corrected chi connectivity index (χ3v) is 2.91. The van der Waals surface area contributed by atoms with Crippen molar-refractivity contribution in [2.75, 3.05) is 0 Å². The molecule has 0 aliphatic rings. The highest BCUT2D eigenvalue weighted by molar-refractivity contribution is 7.80. The van der Waals surface area contributed by atoms with Crippen LogP contribution in [0.5, 0.6) is 0 Å². The molecule has 0 aliphatic carbocycles. The van der Waals surface area contributed by atoms with Crippen molar-refractivity contribution >= 4 is 17.2 Å². The van der Waals surface area contributed by atoms with Crippen molar-refractivity contribution in [1.82, 2.24) is 9.78 Å². The zero-order valence-electron chi connectivity index (χ0n) is 10.3. The van der Waals surface area contributed by atoms with Gasteiger partial charge in [0.2, 0.25) is 0 Å². The molecular formula is C13H14FN3S. The minimum atomic E-state index is -0.336. The van der Waals surface area contributed by atoms with Crippen LogP contribution in [0.2, 0.25) is 0 Å². The van der Waals surface area contributed by atoms with E-state index >= 15 is 0 Å². The van der Waals surface area contributed by atoms with Crippen LogP contribution in [-0.4, -0.2) is 14.8 Å². The lowest BCUT2D eigenvalue weighted by Crippen LogP contribution is -2.11. The number of benzene rings is 1. The summed E-state index contributed by atoms with van der Waals surface area (Å²) in [6.45, 7) is 4.40. The molecule has 0 aliphatic heterocycles. The van der Waals surface area contributed by atoms with Gasteiger partial charge >= 0.3 is 0 Å². The molecule has 0 atom stereocenters. The topological polar surface area (TPSA) is 43.8 Å².